The lowest BCUT2D eigenvalue weighted by Crippen LogP contribution is -2.25. The average Bonchev–Trinajstić information content (AvgIpc) is 3.19. The number of thiophene rings is 1. The second kappa shape index (κ2) is 6.43. The van der Waals surface area contributed by atoms with E-state index in [1.165, 1.54) is 28.3 Å². The molecule has 0 spiro atoms. The summed E-state index contributed by atoms with van der Waals surface area (Å²) in [5.74, 6) is -0.396. The molecule has 1 N–H and O–H groups in total. The molecule has 0 unspecified atom stereocenters. The average molecular weight is 352 g/mol. The molecule has 2 aromatic heterocycles. The quantitative estimate of drug-likeness (QED) is 0.782. The van der Waals surface area contributed by atoms with E-state index in [1.807, 2.05) is 17.5 Å². The number of amides is 1. The Morgan fingerprint density at radius 2 is 2.26 bits per heavy atom. The minimum atomic E-state index is -0.697. The van der Waals surface area contributed by atoms with Crippen molar-refractivity contribution < 1.29 is 9.18 Å². The number of carbonyl (C=O) groups is 1. The Bertz CT molecular complexity index is 836. The van der Waals surface area contributed by atoms with Crippen LogP contribution in [0, 0.1) is 5.82 Å². The molecule has 3 rings (SSSR count). The molecule has 0 aliphatic heterocycles. The molecule has 0 radical (unpaired) electrons. The van der Waals surface area contributed by atoms with Gasteiger partial charge in [-0.05, 0) is 41.8 Å². The van der Waals surface area contributed by atoms with Crippen molar-refractivity contribution in [1.29, 1.82) is 0 Å². The van der Waals surface area contributed by atoms with Crippen LogP contribution in [0.3, 0.4) is 0 Å². The van der Waals surface area contributed by atoms with Gasteiger partial charge in [-0.25, -0.2) is 4.39 Å². The van der Waals surface area contributed by atoms with Gasteiger partial charge in [0.1, 0.15) is 11.9 Å². The Morgan fingerprint density at radius 3 is 2.96 bits per heavy atom. The van der Waals surface area contributed by atoms with Gasteiger partial charge in [-0.1, -0.05) is 17.7 Å². The number of hydrogen-bond donors (Lipinski definition) is 1. The summed E-state index contributed by atoms with van der Waals surface area (Å²) in [7, 11) is 0. The lowest BCUT2D eigenvalue weighted by atomic mass is 10.2. The standard InChI is InChI=1S/C14H11ClFN5OS/c1-8(14(22)17-11-5-4-9(16)7-10(11)15)21-19-13(18-20-21)12-3-2-6-23-12/h2-8H,1H3,(H,17,22)/t8-/m1/s1. The molecule has 0 saturated carbocycles. The molecule has 2 heterocycles. The number of benzene rings is 1. The van der Waals surface area contributed by atoms with Gasteiger partial charge in [-0.15, -0.1) is 21.5 Å². The first kappa shape index (κ1) is 15.6. The molecule has 0 aliphatic rings. The third kappa shape index (κ3) is 3.38. The first-order valence-corrected chi connectivity index (χ1v) is 7.89. The van der Waals surface area contributed by atoms with Crippen LogP contribution in [-0.2, 0) is 4.79 Å². The van der Waals surface area contributed by atoms with Crippen LogP contribution in [0.1, 0.15) is 13.0 Å². The SMILES string of the molecule is C[C@H](C(=O)Nc1ccc(F)cc1Cl)n1nnc(-c2cccs2)n1. The van der Waals surface area contributed by atoms with Crippen molar-refractivity contribution in [1.82, 2.24) is 20.2 Å². The van der Waals surface area contributed by atoms with E-state index in [2.05, 4.69) is 20.7 Å². The smallest absolute Gasteiger partial charge is 0.250 e. The number of aromatic nitrogens is 4. The maximum Gasteiger partial charge on any atom is 0.250 e. The number of halogens is 2. The van der Waals surface area contributed by atoms with Crippen LogP contribution in [0.2, 0.25) is 5.02 Å². The summed E-state index contributed by atoms with van der Waals surface area (Å²) in [4.78, 5) is 14.3. The number of tetrazole rings is 1. The Morgan fingerprint density at radius 1 is 1.43 bits per heavy atom. The molecule has 23 heavy (non-hydrogen) atoms. The van der Waals surface area contributed by atoms with Crippen molar-refractivity contribution in [2.45, 2.75) is 13.0 Å². The van der Waals surface area contributed by atoms with E-state index in [0.717, 1.165) is 10.9 Å². The van der Waals surface area contributed by atoms with Crippen LogP contribution in [0.25, 0.3) is 10.7 Å². The molecule has 1 aromatic carbocycles. The van der Waals surface area contributed by atoms with Gasteiger partial charge >= 0.3 is 0 Å². The van der Waals surface area contributed by atoms with E-state index in [9.17, 15) is 9.18 Å². The van der Waals surface area contributed by atoms with Crippen LogP contribution in [-0.4, -0.2) is 26.1 Å². The van der Waals surface area contributed by atoms with Gasteiger partial charge in [0.2, 0.25) is 5.82 Å². The van der Waals surface area contributed by atoms with E-state index in [1.54, 1.807) is 6.92 Å². The maximum atomic E-state index is 13.0. The molecule has 0 saturated heterocycles. The van der Waals surface area contributed by atoms with Crippen molar-refractivity contribution in [3.05, 3.63) is 46.6 Å². The second-order valence-electron chi connectivity index (χ2n) is 4.70. The van der Waals surface area contributed by atoms with Gasteiger partial charge < -0.3 is 5.32 Å². The first-order chi connectivity index (χ1) is 11.0. The molecule has 0 bridgehead atoms. The molecule has 0 fully saturated rings. The molecule has 9 heteroatoms. The summed E-state index contributed by atoms with van der Waals surface area (Å²) < 4.78 is 13.0. The van der Waals surface area contributed by atoms with E-state index in [-0.39, 0.29) is 10.9 Å². The van der Waals surface area contributed by atoms with Gasteiger partial charge in [-0.2, -0.15) is 4.80 Å². The van der Waals surface area contributed by atoms with Crippen molar-refractivity contribution in [3.8, 4) is 10.7 Å². The number of nitrogens with one attached hydrogen (secondary N) is 1. The predicted octanol–water partition coefficient (Wildman–Crippen LogP) is 3.39. The number of carbonyl (C=O) groups excluding carboxylic acids is 1. The summed E-state index contributed by atoms with van der Waals surface area (Å²) in [6, 6.07) is 6.80. The van der Waals surface area contributed by atoms with E-state index >= 15 is 0 Å². The number of nitrogens with zero attached hydrogens (tertiary/aromatic N) is 4. The van der Waals surface area contributed by atoms with Gasteiger partial charge in [0.25, 0.3) is 5.91 Å². The zero-order valence-corrected chi connectivity index (χ0v) is 13.5. The van der Waals surface area contributed by atoms with Gasteiger partial charge in [-0.3, -0.25) is 4.79 Å². The summed E-state index contributed by atoms with van der Waals surface area (Å²) in [6.45, 7) is 1.63. The largest absolute Gasteiger partial charge is 0.323 e. The summed E-state index contributed by atoms with van der Waals surface area (Å²) in [6.07, 6.45) is 0. The molecular formula is C14H11ClFN5OS. The van der Waals surface area contributed by atoms with Gasteiger partial charge in [0.15, 0.2) is 0 Å². The lowest BCUT2D eigenvalue weighted by Gasteiger charge is -2.11. The summed E-state index contributed by atoms with van der Waals surface area (Å²) in [5.41, 5.74) is 0.323. The molecule has 118 valence electrons. The highest BCUT2D eigenvalue weighted by molar-refractivity contribution is 7.13. The van der Waals surface area contributed by atoms with Gasteiger partial charge in [0, 0.05) is 0 Å². The van der Waals surface area contributed by atoms with Crippen LogP contribution < -0.4 is 5.32 Å². The third-order valence-electron chi connectivity index (χ3n) is 3.08. The lowest BCUT2D eigenvalue weighted by molar-refractivity contribution is -0.119. The van der Waals surface area contributed by atoms with Crippen molar-refractivity contribution in [3.63, 3.8) is 0 Å². The fraction of sp³-hybridized carbons (Fsp3) is 0.143. The Labute approximate surface area is 139 Å². The van der Waals surface area contributed by atoms with Crippen LogP contribution >= 0.6 is 22.9 Å². The third-order valence-corrected chi connectivity index (χ3v) is 4.26. The predicted molar refractivity (Wildman–Crippen MR) is 85.9 cm³/mol. The Kier molecular flexibility index (Phi) is 4.35. The molecule has 1 amide bonds. The zero-order chi connectivity index (χ0) is 16.4. The second-order valence-corrected chi connectivity index (χ2v) is 6.06. The van der Waals surface area contributed by atoms with Crippen LogP contribution in [0.15, 0.2) is 35.7 Å². The fourth-order valence-electron chi connectivity index (χ4n) is 1.83. The van der Waals surface area contributed by atoms with Crippen molar-refractivity contribution in [2.24, 2.45) is 0 Å². The molecule has 1 atom stereocenters. The normalized spacial score (nSPS) is 12.1. The number of rotatable bonds is 4. The number of hydrogen-bond acceptors (Lipinski definition) is 5. The zero-order valence-electron chi connectivity index (χ0n) is 11.9. The van der Waals surface area contributed by atoms with Crippen LogP contribution in [0.4, 0.5) is 10.1 Å². The van der Waals surface area contributed by atoms with E-state index in [4.69, 9.17) is 11.6 Å². The highest BCUT2D eigenvalue weighted by Crippen LogP contribution is 2.24. The van der Waals surface area contributed by atoms with E-state index < -0.39 is 11.9 Å². The summed E-state index contributed by atoms with van der Waals surface area (Å²) >= 11 is 7.38. The van der Waals surface area contributed by atoms with Gasteiger partial charge in [0.05, 0.1) is 15.6 Å². The Balaban J connectivity index is 1.75. The number of anilines is 1. The molecule has 0 aliphatic carbocycles. The summed E-state index contributed by atoms with van der Waals surface area (Å²) in [5, 5.41) is 16.7. The maximum absolute atomic E-state index is 13.0. The minimum absolute atomic E-state index is 0.122. The van der Waals surface area contributed by atoms with E-state index in [0.29, 0.717) is 11.5 Å². The fourth-order valence-corrected chi connectivity index (χ4v) is 2.69. The minimum Gasteiger partial charge on any atom is -0.323 e. The molecule has 6 nitrogen and oxygen atoms in total. The topological polar surface area (TPSA) is 72.7 Å². The Hall–Kier alpha value is -2.32. The highest BCUT2D eigenvalue weighted by atomic mass is 35.5. The van der Waals surface area contributed by atoms with Crippen molar-refractivity contribution in [2.75, 3.05) is 5.32 Å². The molecule has 3 aromatic rings. The monoisotopic (exact) mass is 351 g/mol. The molecular weight excluding hydrogens is 341 g/mol. The van der Waals surface area contributed by atoms with Crippen LogP contribution in [0.5, 0.6) is 0 Å². The van der Waals surface area contributed by atoms with Crippen molar-refractivity contribution >= 4 is 34.5 Å². The highest BCUT2D eigenvalue weighted by Gasteiger charge is 2.20. The first-order valence-electron chi connectivity index (χ1n) is 6.64.